The van der Waals surface area contributed by atoms with Crippen LogP contribution in [0.5, 0.6) is 0 Å². The van der Waals surface area contributed by atoms with Crippen LogP contribution in [0.1, 0.15) is 6.92 Å². The first kappa shape index (κ1) is 12.3. The van der Waals surface area contributed by atoms with E-state index in [0.717, 1.165) is 0 Å². The van der Waals surface area contributed by atoms with Crippen LogP contribution in [0.3, 0.4) is 0 Å². The van der Waals surface area contributed by atoms with Crippen molar-refractivity contribution in [3.8, 4) is 0 Å². The quantitative estimate of drug-likeness (QED) is 0.653. The Morgan fingerprint density at radius 3 is 1.09 bits per heavy atom. The van der Waals surface area contributed by atoms with Gasteiger partial charge in [0.25, 0.3) is 0 Å². The van der Waals surface area contributed by atoms with E-state index in [0.29, 0.717) is 0 Å². The summed E-state index contributed by atoms with van der Waals surface area (Å²) >= 11 is -3.34. The molecule has 0 radical (unpaired) electrons. The third-order valence-corrected chi connectivity index (χ3v) is 41.5. The first-order chi connectivity index (χ1) is 4.69. The summed E-state index contributed by atoms with van der Waals surface area (Å²) in [6.45, 7) is 2.24. The van der Waals surface area contributed by atoms with Crippen molar-refractivity contribution < 1.29 is 0 Å². The van der Waals surface area contributed by atoms with Gasteiger partial charge >= 0.3 is 81.0 Å². The van der Waals surface area contributed by atoms with Crippen LogP contribution in [0.15, 0.2) is 7.68 Å². The standard InChI is InChI=1S/C3H4.6CH3.2Sn/c1-3-2;;;;;;;;/h3H,1H3;6*1H3;;. The van der Waals surface area contributed by atoms with Crippen molar-refractivity contribution in [1.82, 2.24) is 0 Å². The predicted octanol–water partition coefficient (Wildman–Crippen LogP) is 3.69. The Hall–Kier alpha value is 1.34. The van der Waals surface area contributed by atoms with E-state index in [1.807, 2.05) is 1.60 Å². The zero-order valence-electron chi connectivity index (χ0n) is 9.08. The van der Waals surface area contributed by atoms with Crippen molar-refractivity contribution in [3.63, 3.8) is 0 Å². The topological polar surface area (TPSA) is 0 Å². The number of rotatable bonds is 2. The van der Waals surface area contributed by atoms with Gasteiger partial charge in [-0.1, -0.05) is 0 Å². The van der Waals surface area contributed by atoms with Crippen LogP contribution in [0.4, 0.5) is 0 Å². The number of allylic oxidation sites excluding steroid dienone is 1. The van der Waals surface area contributed by atoms with Gasteiger partial charge in [-0.3, -0.25) is 0 Å². The third kappa shape index (κ3) is 4.20. The Labute approximate surface area is 80.2 Å². The molecule has 0 aliphatic carbocycles. The number of hydrogen-bond acceptors (Lipinski definition) is 0. The molecule has 0 aliphatic rings. The molecule has 66 valence electrons. The van der Waals surface area contributed by atoms with Gasteiger partial charge < -0.3 is 0 Å². The van der Waals surface area contributed by atoms with Gasteiger partial charge in [-0.25, -0.2) is 0 Å². The predicted molar refractivity (Wildman–Crippen MR) is 60.4 cm³/mol. The molecule has 0 aromatic rings. The van der Waals surface area contributed by atoms with Gasteiger partial charge in [-0.15, -0.1) is 0 Å². The van der Waals surface area contributed by atoms with Crippen LogP contribution >= 0.6 is 0 Å². The van der Waals surface area contributed by atoms with E-state index >= 15 is 0 Å². The Balaban J connectivity index is 4.74. The Morgan fingerprint density at radius 2 is 1.09 bits per heavy atom. The third-order valence-electron chi connectivity index (χ3n) is 1.90. The van der Waals surface area contributed by atoms with E-state index in [-0.39, 0.29) is 0 Å². The van der Waals surface area contributed by atoms with Gasteiger partial charge in [0.1, 0.15) is 0 Å². The zero-order chi connectivity index (χ0) is 9.28. The van der Waals surface area contributed by atoms with Gasteiger partial charge in [0, 0.05) is 0 Å². The fourth-order valence-corrected chi connectivity index (χ4v) is 56.4. The molecule has 2 heteroatoms. The SMILES string of the molecule is CC=[C]([Sn]([CH3])([CH3])[CH3])[Sn]([CH3])([CH3])[CH3]. The van der Waals surface area contributed by atoms with Gasteiger partial charge in [0.15, 0.2) is 0 Å². The molecule has 0 rings (SSSR count). The van der Waals surface area contributed by atoms with E-state index in [4.69, 9.17) is 0 Å². The van der Waals surface area contributed by atoms with Crippen LogP contribution in [-0.4, -0.2) is 36.8 Å². The van der Waals surface area contributed by atoms with Crippen LogP contribution in [0, 0.1) is 0 Å². The van der Waals surface area contributed by atoms with Crippen LogP contribution < -0.4 is 0 Å². The molecule has 0 aromatic carbocycles. The Morgan fingerprint density at radius 1 is 0.818 bits per heavy atom. The maximum atomic E-state index is 2.53. The van der Waals surface area contributed by atoms with Crippen molar-refractivity contribution >= 4 is 36.8 Å². The van der Waals surface area contributed by atoms with Gasteiger partial charge in [-0.05, 0) is 0 Å². The first-order valence-electron chi connectivity index (χ1n) is 4.37. The number of hydrogen-bond donors (Lipinski definition) is 0. The van der Waals surface area contributed by atoms with Crippen molar-refractivity contribution in [2.24, 2.45) is 0 Å². The van der Waals surface area contributed by atoms with E-state index < -0.39 is 36.8 Å². The normalized spacial score (nSPS) is 13.0. The van der Waals surface area contributed by atoms with E-state index in [9.17, 15) is 0 Å². The molecule has 0 amide bonds. The summed E-state index contributed by atoms with van der Waals surface area (Å²) < 4.78 is 1.95. The monoisotopic (exact) mass is 370 g/mol. The molecule has 0 bridgehead atoms. The molecule has 0 saturated carbocycles. The van der Waals surface area contributed by atoms with Crippen LogP contribution in [-0.2, 0) is 0 Å². The van der Waals surface area contributed by atoms with Crippen molar-refractivity contribution in [3.05, 3.63) is 7.68 Å². The molecular weight excluding hydrogens is 346 g/mol. The van der Waals surface area contributed by atoms with Crippen LogP contribution in [0.25, 0.3) is 0 Å². The molecule has 0 atom stereocenters. The summed E-state index contributed by atoms with van der Waals surface area (Å²) in [7, 11) is 0. The Bertz CT molecular complexity index is 139. The van der Waals surface area contributed by atoms with Gasteiger partial charge in [0.2, 0.25) is 0 Å². The summed E-state index contributed by atoms with van der Waals surface area (Å²) in [5.74, 6) is 0. The summed E-state index contributed by atoms with van der Waals surface area (Å²) in [5, 5.41) is 0. The average molecular weight is 368 g/mol. The van der Waals surface area contributed by atoms with Crippen molar-refractivity contribution in [2.75, 3.05) is 0 Å². The van der Waals surface area contributed by atoms with Crippen molar-refractivity contribution in [1.29, 1.82) is 0 Å². The fraction of sp³-hybridized carbons (Fsp3) is 0.778. The summed E-state index contributed by atoms with van der Waals surface area (Å²) in [4.78, 5) is 15.2. The molecule has 0 spiro atoms. The average Bonchev–Trinajstić information content (AvgIpc) is 1.56. The van der Waals surface area contributed by atoms with Crippen LogP contribution in [0.2, 0.25) is 29.6 Å². The molecule has 0 fully saturated rings. The summed E-state index contributed by atoms with van der Waals surface area (Å²) in [6, 6.07) is 0. The van der Waals surface area contributed by atoms with E-state index in [1.165, 1.54) is 0 Å². The minimum absolute atomic E-state index is 1.67. The van der Waals surface area contributed by atoms with E-state index in [1.54, 1.807) is 0 Å². The zero-order valence-corrected chi connectivity index (χ0v) is 14.8. The second-order valence-corrected chi connectivity index (χ2v) is 38.0. The van der Waals surface area contributed by atoms with E-state index in [2.05, 4.69) is 42.6 Å². The molecule has 0 nitrogen and oxygen atoms in total. The maximum absolute atomic E-state index is 2.53. The molecule has 0 N–H and O–H groups in total. The summed E-state index contributed by atoms with van der Waals surface area (Å²) in [6.07, 6.45) is 2.44. The summed E-state index contributed by atoms with van der Waals surface area (Å²) in [5.41, 5.74) is 0. The molecule has 0 aromatic heterocycles. The molecule has 0 saturated heterocycles. The minimum atomic E-state index is -1.67. The Kier molecular flexibility index (Phi) is 4.52. The first-order valence-corrected chi connectivity index (χ1v) is 24.3. The molecule has 0 aliphatic heterocycles. The molecule has 0 heterocycles. The second-order valence-electron chi connectivity index (χ2n) is 5.20. The molecule has 0 unspecified atom stereocenters. The van der Waals surface area contributed by atoms with Gasteiger partial charge in [0.05, 0.1) is 0 Å². The molecular formula is C9H22Sn2. The second kappa shape index (κ2) is 4.03. The van der Waals surface area contributed by atoms with Gasteiger partial charge in [-0.2, -0.15) is 0 Å². The molecule has 11 heavy (non-hydrogen) atoms. The fourth-order valence-electron chi connectivity index (χ4n) is 1.99. The van der Waals surface area contributed by atoms with Crippen molar-refractivity contribution in [2.45, 2.75) is 36.6 Å².